The number of nitrogens with one attached hydrogen (secondary N) is 1. The molecule has 4 aliphatic rings. The molecule has 3 heteroatoms. The number of hydrogen-bond acceptors (Lipinski definition) is 2. The van der Waals surface area contributed by atoms with E-state index in [1.54, 1.807) is 0 Å². The first kappa shape index (κ1) is 15.3. The van der Waals surface area contributed by atoms with Gasteiger partial charge in [-0.2, -0.15) is 0 Å². The van der Waals surface area contributed by atoms with E-state index in [0.29, 0.717) is 19.0 Å². The maximum Gasteiger partial charge on any atom is 0.220 e. The number of amides is 1. The summed E-state index contributed by atoms with van der Waals surface area (Å²) in [7, 11) is 0. The topological polar surface area (TPSA) is 55.1 Å². The summed E-state index contributed by atoms with van der Waals surface area (Å²) in [6.45, 7) is 5.15. The fraction of sp³-hybridized carbons (Fsp3) is 0.944. The van der Waals surface area contributed by atoms with Gasteiger partial charge in [-0.05, 0) is 80.6 Å². The summed E-state index contributed by atoms with van der Waals surface area (Å²) in [5, 5.41) is 3.41. The molecule has 0 saturated heterocycles. The monoisotopic (exact) mass is 292 g/mol. The van der Waals surface area contributed by atoms with Crippen LogP contribution in [0.3, 0.4) is 0 Å². The standard InChI is InChI=1S/C18H32N2O/c1-18(2,5-6-19)4-3-16(21)20-17-14-8-12-7-13(10-14)11-15(17)9-12/h12-15,17H,3-11,19H2,1-2H3,(H,20,21). The Hall–Kier alpha value is -0.570. The van der Waals surface area contributed by atoms with Gasteiger partial charge in [-0.15, -0.1) is 0 Å². The Morgan fingerprint density at radius 3 is 2.14 bits per heavy atom. The summed E-state index contributed by atoms with van der Waals surface area (Å²) >= 11 is 0. The van der Waals surface area contributed by atoms with E-state index in [2.05, 4.69) is 19.2 Å². The summed E-state index contributed by atoms with van der Waals surface area (Å²) in [5.74, 6) is 3.79. The molecule has 21 heavy (non-hydrogen) atoms. The molecule has 0 aromatic rings. The number of hydrogen-bond donors (Lipinski definition) is 2. The summed E-state index contributed by atoms with van der Waals surface area (Å²) in [5.41, 5.74) is 5.84. The zero-order chi connectivity index (χ0) is 15.0. The van der Waals surface area contributed by atoms with Crippen LogP contribution < -0.4 is 11.1 Å². The molecule has 0 atom stereocenters. The lowest BCUT2D eigenvalue weighted by molar-refractivity contribution is -0.125. The first-order valence-electron chi connectivity index (χ1n) is 8.96. The number of nitrogens with two attached hydrogens (primary N) is 1. The van der Waals surface area contributed by atoms with Gasteiger partial charge in [-0.25, -0.2) is 0 Å². The maximum absolute atomic E-state index is 12.3. The van der Waals surface area contributed by atoms with Crippen LogP contribution in [0.2, 0.25) is 0 Å². The lowest BCUT2D eigenvalue weighted by Crippen LogP contribution is -2.55. The van der Waals surface area contributed by atoms with Gasteiger partial charge in [-0.3, -0.25) is 4.79 Å². The predicted molar refractivity (Wildman–Crippen MR) is 85.7 cm³/mol. The summed E-state index contributed by atoms with van der Waals surface area (Å²) < 4.78 is 0. The van der Waals surface area contributed by atoms with Crippen LogP contribution in [0.25, 0.3) is 0 Å². The first-order chi connectivity index (χ1) is 9.97. The molecule has 0 aliphatic heterocycles. The lowest BCUT2D eigenvalue weighted by Gasteiger charge is -2.54. The van der Waals surface area contributed by atoms with Gasteiger partial charge in [0.25, 0.3) is 0 Å². The van der Waals surface area contributed by atoms with Crippen molar-refractivity contribution in [2.24, 2.45) is 34.8 Å². The zero-order valence-corrected chi connectivity index (χ0v) is 13.7. The Balaban J connectivity index is 1.49. The van der Waals surface area contributed by atoms with Crippen LogP contribution in [0.15, 0.2) is 0 Å². The fourth-order valence-electron chi connectivity index (χ4n) is 5.39. The molecule has 0 radical (unpaired) electrons. The van der Waals surface area contributed by atoms with Crippen LogP contribution in [-0.4, -0.2) is 18.5 Å². The predicted octanol–water partition coefficient (Wildman–Crippen LogP) is 3.08. The van der Waals surface area contributed by atoms with Crippen LogP contribution in [0.1, 0.15) is 65.2 Å². The smallest absolute Gasteiger partial charge is 0.220 e. The third-order valence-corrected chi connectivity index (χ3v) is 6.40. The summed E-state index contributed by atoms with van der Waals surface area (Å²) in [6, 6.07) is 0.489. The van der Waals surface area contributed by atoms with Crippen molar-refractivity contribution in [1.82, 2.24) is 5.32 Å². The highest BCUT2D eigenvalue weighted by Crippen LogP contribution is 2.53. The average Bonchev–Trinajstić information content (AvgIpc) is 2.40. The highest BCUT2D eigenvalue weighted by molar-refractivity contribution is 5.76. The second-order valence-electron chi connectivity index (χ2n) is 8.73. The van der Waals surface area contributed by atoms with E-state index in [1.165, 1.54) is 32.1 Å². The SMILES string of the molecule is CC(C)(CCN)CCC(=O)NC1C2CC3CC(C2)CC1C3. The fourth-order valence-corrected chi connectivity index (χ4v) is 5.39. The van der Waals surface area contributed by atoms with Crippen LogP contribution in [0.5, 0.6) is 0 Å². The largest absolute Gasteiger partial charge is 0.353 e. The van der Waals surface area contributed by atoms with Crippen LogP contribution in [0, 0.1) is 29.1 Å². The Morgan fingerprint density at radius 1 is 1.05 bits per heavy atom. The molecule has 4 rings (SSSR count). The van der Waals surface area contributed by atoms with Crippen molar-refractivity contribution in [2.75, 3.05) is 6.54 Å². The molecule has 1 amide bonds. The molecule has 4 aliphatic carbocycles. The molecule has 0 unspecified atom stereocenters. The van der Waals surface area contributed by atoms with Gasteiger partial charge in [0.05, 0.1) is 0 Å². The zero-order valence-electron chi connectivity index (χ0n) is 13.7. The molecule has 3 nitrogen and oxygen atoms in total. The second kappa shape index (κ2) is 5.91. The van der Waals surface area contributed by atoms with Crippen LogP contribution in [-0.2, 0) is 4.79 Å². The van der Waals surface area contributed by atoms with Gasteiger partial charge in [-0.1, -0.05) is 13.8 Å². The maximum atomic E-state index is 12.3. The quantitative estimate of drug-likeness (QED) is 0.790. The molecule has 0 spiro atoms. The number of carbonyl (C=O) groups is 1. The molecule has 0 aromatic carbocycles. The molecule has 3 N–H and O–H groups in total. The average molecular weight is 292 g/mol. The van der Waals surface area contributed by atoms with Gasteiger partial charge in [0.2, 0.25) is 5.91 Å². The van der Waals surface area contributed by atoms with Crippen LogP contribution in [0.4, 0.5) is 0 Å². The minimum absolute atomic E-state index is 0.191. The molecule has 0 heterocycles. The summed E-state index contributed by atoms with van der Waals surface area (Å²) in [4.78, 5) is 12.3. The molecule has 120 valence electrons. The van der Waals surface area contributed by atoms with E-state index in [9.17, 15) is 4.79 Å². The Kier molecular flexibility index (Phi) is 4.31. The number of carbonyl (C=O) groups excluding carboxylic acids is 1. The number of rotatable bonds is 6. The first-order valence-corrected chi connectivity index (χ1v) is 8.96. The highest BCUT2D eigenvalue weighted by atomic mass is 16.1. The Labute approximate surface area is 129 Å². The second-order valence-corrected chi connectivity index (χ2v) is 8.73. The minimum Gasteiger partial charge on any atom is -0.353 e. The van der Waals surface area contributed by atoms with E-state index in [-0.39, 0.29) is 11.3 Å². The van der Waals surface area contributed by atoms with Gasteiger partial charge >= 0.3 is 0 Å². The van der Waals surface area contributed by atoms with E-state index in [4.69, 9.17) is 5.73 Å². The molecule has 4 bridgehead atoms. The van der Waals surface area contributed by atoms with Crippen molar-refractivity contribution in [3.8, 4) is 0 Å². The third kappa shape index (κ3) is 3.44. The molecule has 0 aromatic heterocycles. The Bertz CT molecular complexity index is 363. The van der Waals surface area contributed by atoms with Crippen molar-refractivity contribution >= 4 is 5.91 Å². The molecular formula is C18H32N2O. The van der Waals surface area contributed by atoms with Crippen molar-refractivity contribution < 1.29 is 4.79 Å². The summed E-state index contributed by atoms with van der Waals surface area (Å²) in [6.07, 6.45) is 9.57. The van der Waals surface area contributed by atoms with Gasteiger partial charge in [0.1, 0.15) is 0 Å². The van der Waals surface area contributed by atoms with E-state index >= 15 is 0 Å². The molecular weight excluding hydrogens is 260 g/mol. The Morgan fingerprint density at radius 2 is 1.62 bits per heavy atom. The highest BCUT2D eigenvalue weighted by Gasteiger charge is 2.48. The van der Waals surface area contributed by atoms with Crippen molar-refractivity contribution in [2.45, 2.75) is 71.3 Å². The molecule has 4 fully saturated rings. The van der Waals surface area contributed by atoms with E-state index in [1.807, 2.05) is 0 Å². The van der Waals surface area contributed by atoms with E-state index < -0.39 is 0 Å². The van der Waals surface area contributed by atoms with E-state index in [0.717, 1.165) is 36.5 Å². The lowest BCUT2D eigenvalue weighted by atomic mass is 9.54. The molecule has 4 saturated carbocycles. The van der Waals surface area contributed by atoms with Crippen molar-refractivity contribution in [3.05, 3.63) is 0 Å². The van der Waals surface area contributed by atoms with Gasteiger partial charge < -0.3 is 11.1 Å². The third-order valence-electron chi connectivity index (χ3n) is 6.40. The van der Waals surface area contributed by atoms with Crippen LogP contribution >= 0.6 is 0 Å². The van der Waals surface area contributed by atoms with Gasteiger partial charge in [0, 0.05) is 12.5 Å². The van der Waals surface area contributed by atoms with Gasteiger partial charge in [0.15, 0.2) is 0 Å². The normalized spacial score (nSPS) is 37.8. The minimum atomic E-state index is 0.191. The van der Waals surface area contributed by atoms with Crippen molar-refractivity contribution in [3.63, 3.8) is 0 Å². The van der Waals surface area contributed by atoms with Crippen molar-refractivity contribution in [1.29, 1.82) is 0 Å².